The van der Waals surface area contributed by atoms with Gasteiger partial charge in [0, 0.05) is 24.7 Å². The normalized spacial score (nSPS) is 10.5. The fourth-order valence-electron chi connectivity index (χ4n) is 1.99. The van der Waals surface area contributed by atoms with Crippen molar-refractivity contribution in [2.45, 2.75) is 32.2 Å². The number of carboxylic acid groups (broad SMARTS) is 1. The van der Waals surface area contributed by atoms with Gasteiger partial charge in [-0.15, -0.1) is 0 Å². The number of carbonyl (C=O) groups is 1. The molecule has 1 aromatic carbocycles. The number of aryl methyl sites for hydroxylation is 1. The predicted octanol–water partition coefficient (Wildman–Crippen LogP) is 3.20. The highest BCUT2D eigenvalue weighted by Crippen LogP contribution is 2.17. The standard InChI is InChI=1S/C15H18N2O2/c18-15(19)9-5-2-6-10-17-12-14(11-16-17)13-7-3-1-4-8-13/h1,3-4,7-8,11-12H,2,5-6,9-10H2,(H,18,19). The van der Waals surface area contributed by atoms with Gasteiger partial charge in [0.05, 0.1) is 6.20 Å². The minimum atomic E-state index is -0.717. The van der Waals surface area contributed by atoms with Crippen LogP contribution in [0.5, 0.6) is 0 Å². The minimum Gasteiger partial charge on any atom is -0.481 e. The summed E-state index contributed by atoms with van der Waals surface area (Å²) in [7, 11) is 0. The number of hydrogen-bond acceptors (Lipinski definition) is 2. The van der Waals surface area contributed by atoms with Crippen LogP contribution in [-0.4, -0.2) is 20.9 Å². The van der Waals surface area contributed by atoms with E-state index in [0.29, 0.717) is 0 Å². The third-order valence-corrected chi connectivity index (χ3v) is 3.02. The fraction of sp³-hybridized carbons (Fsp3) is 0.333. The van der Waals surface area contributed by atoms with E-state index in [2.05, 4.69) is 17.2 Å². The third kappa shape index (κ3) is 4.25. The maximum absolute atomic E-state index is 10.4. The third-order valence-electron chi connectivity index (χ3n) is 3.02. The molecule has 0 aliphatic rings. The van der Waals surface area contributed by atoms with Crippen LogP contribution in [0.4, 0.5) is 0 Å². The Hall–Kier alpha value is -2.10. The Morgan fingerprint density at radius 3 is 2.63 bits per heavy atom. The zero-order valence-corrected chi connectivity index (χ0v) is 10.8. The van der Waals surface area contributed by atoms with Crippen molar-refractivity contribution in [2.75, 3.05) is 0 Å². The van der Waals surface area contributed by atoms with Crippen LogP contribution in [0.25, 0.3) is 11.1 Å². The van der Waals surface area contributed by atoms with Crippen molar-refractivity contribution < 1.29 is 9.90 Å². The van der Waals surface area contributed by atoms with Crippen molar-refractivity contribution >= 4 is 5.97 Å². The van der Waals surface area contributed by atoms with Crippen molar-refractivity contribution in [1.82, 2.24) is 9.78 Å². The molecule has 2 aromatic rings. The largest absolute Gasteiger partial charge is 0.481 e. The van der Waals surface area contributed by atoms with Gasteiger partial charge >= 0.3 is 5.97 Å². The quantitative estimate of drug-likeness (QED) is 0.776. The van der Waals surface area contributed by atoms with E-state index in [0.717, 1.165) is 31.4 Å². The summed E-state index contributed by atoms with van der Waals surface area (Å²) in [6, 6.07) is 10.1. The Labute approximate surface area is 112 Å². The number of nitrogens with zero attached hydrogens (tertiary/aromatic N) is 2. The summed E-state index contributed by atoms with van der Waals surface area (Å²) in [5.41, 5.74) is 2.28. The Balaban J connectivity index is 1.80. The molecule has 4 heteroatoms. The number of aliphatic carboxylic acids is 1. The first kappa shape index (κ1) is 13.3. The van der Waals surface area contributed by atoms with Gasteiger partial charge < -0.3 is 5.11 Å². The van der Waals surface area contributed by atoms with Crippen LogP contribution in [0.2, 0.25) is 0 Å². The lowest BCUT2D eigenvalue weighted by molar-refractivity contribution is -0.137. The summed E-state index contributed by atoms with van der Waals surface area (Å²) >= 11 is 0. The van der Waals surface area contributed by atoms with E-state index < -0.39 is 5.97 Å². The van der Waals surface area contributed by atoms with Crippen LogP contribution in [0.1, 0.15) is 25.7 Å². The second kappa shape index (κ2) is 6.73. The molecule has 0 aliphatic carbocycles. The van der Waals surface area contributed by atoms with Crippen molar-refractivity contribution in [3.05, 3.63) is 42.7 Å². The molecule has 0 amide bonds. The molecule has 4 nitrogen and oxygen atoms in total. The zero-order chi connectivity index (χ0) is 13.5. The van der Waals surface area contributed by atoms with E-state index in [1.165, 1.54) is 5.56 Å². The van der Waals surface area contributed by atoms with Crippen molar-refractivity contribution in [3.63, 3.8) is 0 Å². The Morgan fingerprint density at radius 2 is 1.89 bits per heavy atom. The number of hydrogen-bond donors (Lipinski definition) is 1. The number of unbranched alkanes of at least 4 members (excludes halogenated alkanes) is 2. The van der Waals surface area contributed by atoms with Gasteiger partial charge in [0.25, 0.3) is 0 Å². The average molecular weight is 258 g/mol. The lowest BCUT2D eigenvalue weighted by Gasteiger charge is -2.00. The first-order valence-electron chi connectivity index (χ1n) is 6.55. The van der Waals surface area contributed by atoms with E-state index in [9.17, 15) is 4.79 Å². The summed E-state index contributed by atoms with van der Waals surface area (Å²) in [5, 5.41) is 12.9. The summed E-state index contributed by atoms with van der Waals surface area (Å²) in [6.07, 6.45) is 6.78. The van der Waals surface area contributed by atoms with Gasteiger partial charge in [0.1, 0.15) is 0 Å². The smallest absolute Gasteiger partial charge is 0.303 e. The number of benzene rings is 1. The number of rotatable bonds is 7. The topological polar surface area (TPSA) is 55.1 Å². The Morgan fingerprint density at radius 1 is 1.11 bits per heavy atom. The lowest BCUT2D eigenvalue weighted by atomic mass is 10.1. The Kier molecular flexibility index (Phi) is 4.72. The molecule has 100 valence electrons. The highest BCUT2D eigenvalue weighted by molar-refractivity contribution is 5.66. The van der Waals surface area contributed by atoms with E-state index >= 15 is 0 Å². The van der Waals surface area contributed by atoms with E-state index in [1.54, 1.807) is 0 Å². The lowest BCUT2D eigenvalue weighted by Crippen LogP contribution is -1.99. The monoisotopic (exact) mass is 258 g/mol. The van der Waals surface area contributed by atoms with Crippen LogP contribution in [-0.2, 0) is 11.3 Å². The summed E-state index contributed by atoms with van der Waals surface area (Å²) in [5.74, 6) is -0.717. The predicted molar refractivity (Wildman–Crippen MR) is 73.8 cm³/mol. The van der Waals surface area contributed by atoms with Crippen LogP contribution < -0.4 is 0 Å². The first-order chi connectivity index (χ1) is 9.25. The van der Waals surface area contributed by atoms with Gasteiger partial charge in [-0.25, -0.2) is 0 Å². The van der Waals surface area contributed by atoms with Gasteiger partial charge in [-0.3, -0.25) is 9.48 Å². The molecule has 19 heavy (non-hydrogen) atoms. The second-order valence-electron chi connectivity index (χ2n) is 4.56. The minimum absolute atomic E-state index is 0.258. The molecule has 0 atom stereocenters. The molecule has 0 unspecified atom stereocenters. The molecule has 1 aromatic heterocycles. The van der Waals surface area contributed by atoms with Crippen LogP contribution in [0, 0.1) is 0 Å². The zero-order valence-electron chi connectivity index (χ0n) is 10.8. The second-order valence-corrected chi connectivity index (χ2v) is 4.56. The molecule has 0 spiro atoms. The molecule has 0 radical (unpaired) electrons. The SMILES string of the molecule is O=C(O)CCCCCn1cc(-c2ccccc2)cn1. The van der Waals surface area contributed by atoms with Crippen LogP contribution in [0.15, 0.2) is 42.7 Å². The summed E-state index contributed by atoms with van der Waals surface area (Å²) in [4.78, 5) is 10.4. The molecule has 2 rings (SSSR count). The van der Waals surface area contributed by atoms with Crippen LogP contribution in [0.3, 0.4) is 0 Å². The number of aromatic nitrogens is 2. The van der Waals surface area contributed by atoms with Gasteiger partial charge in [0.15, 0.2) is 0 Å². The number of carboxylic acids is 1. The highest BCUT2D eigenvalue weighted by atomic mass is 16.4. The maximum atomic E-state index is 10.4. The van der Waals surface area contributed by atoms with Gasteiger partial charge in [-0.1, -0.05) is 36.8 Å². The maximum Gasteiger partial charge on any atom is 0.303 e. The molecule has 0 saturated carbocycles. The fourth-order valence-corrected chi connectivity index (χ4v) is 1.99. The summed E-state index contributed by atoms with van der Waals surface area (Å²) in [6.45, 7) is 0.840. The molecule has 0 aliphatic heterocycles. The van der Waals surface area contributed by atoms with Crippen molar-refractivity contribution in [2.24, 2.45) is 0 Å². The molecule has 1 N–H and O–H groups in total. The highest BCUT2D eigenvalue weighted by Gasteiger charge is 2.01. The molecule has 0 bridgehead atoms. The molecule has 0 fully saturated rings. The Bertz CT molecular complexity index is 520. The first-order valence-corrected chi connectivity index (χ1v) is 6.55. The molecular formula is C15H18N2O2. The van der Waals surface area contributed by atoms with E-state index in [4.69, 9.17) is 5.11 Å². The van der Waals surface area contributed by atoms with Crippen molar-refractivity contribution in [3.8, 4) is 11.1 Å². The van der Waals surface area contributed by atoms with Gasteiger partial charge in [-0.05, 0) is 18.4 Å². The average Bonchev–Trinajstić information content (AvgIpc) is 2.88. The van der Waals surface area contributed by atoms with Crippen molar-refractivity contribution in [1.29, 1.82) is 0 Å². The summed E-state index contributed by atoms with van der Waals surface area (Å²) < 4.78 is 1.92. The van der Waals surface area contributed by atoms with Gasteiger partial charge in [-0.2, -0.15) is 5.10 Å². The van der Waals surface area contributed by atoms with E-state index in [1.807, 2.05) is 35.3 Å². The molecule has 0 saturated heterocycles. The molecular weight excluding hydrogens is 240 g/mol. The van der Waals surface area contributed by atoms with Crippen LogP contribution >= 0.6 is 0 Å². The molecule has 1 heterocycles. The van der Waals surface area contributed by atoms with Gasteiger partial charge in [0.2, 0.25) is 0 Å². The van der Waals surface area contributed by atoms with E-state index in [-0.39, 0.29) is 6.42 Å².